The first-order chi connectivity index (χ1) is 8.58. The number of hydrogen-bond donors (Lipinski definition) is 1. The zero-order chi connectivity index (χ0) is 13.1. The second kappa shape index (κ2) is 5.19. The molecule has 0 aliphatic rings. The third-order valence-corrected chi connectivity index (χ3v) is 3.03. The summed E-state index contributed by atoms with van der Waals surface area (Å²) in [6.45, 7) is 0. The van der Waals surface area contributed by atoms with Crippen LogP contribution in [0.25, 0.3) is 10.8 Å². The Labute approximate surface area is 107 Å². The van der Waals surface area contributed by atoms with Gasteiger partial charge in [0.05, 0.1) is 6.04 Å². The van der Waals surface area contributed by atoms with Crippen molar-refractivity contribution in [3.63, 3.8) is 0 Å². The fourth-order valence-electron chi connectivity index (χ4n) is 2.04. The molecule has 0 unspecified atom stereocenters. The highest BCUT2D eigenvalue weighted by atomic mass is 16.2. The molecule has 1 amide bonds. The van der Waals surface area contributed by atoms with E-state index in [2.05, 4.69) is 24.3 Å². The summed E-state index contributed by atoms with van der Waals surface area (Å²) in [6, 6.07) is 13.9. The fourth-order valence-corrected chi connectivity index (χ4v) is 2.04. The molecule has 0 aliphatic carbocycles. The average molecular weight is 242 g/mol. The van der Waals surface area contributed by atoms with E-state index in [0.717, 1.165) is 5.56 Å². The smallest absolute Gasteiger partial charge is 0.239 e. The van der Waals surface area contributed by atoms with Crippen LogP contribution in [0.2, 0.25) is 0 Å². The van der Waals surface area contributed by atoms with E-state index in [-0.39, 0.29) is 5.91 Å². The average Bonchev–Trinajstić information content (AvgIpc) is 2.37. The maximum Gasteiger partial charge on any atom is 0.239 e. The molecule has 2 aromatic rings. The Morgan fingerprint density at radius 1 is 1.17 bits per heavy atom. The van der Waals surface area contributed by atoms with Gasteiger partial charge in [-0.2, -0.15) is 0 Å². The zero-order valence-electron chi connectivity index (χ0n) is 10.8. The van der Waals surface area contributed by atoms with Gasteiger partial charge in [0.25, 0.3) is 0 Å². The molecule has 0 radical (unpaired) electrons. The molecule has 18 heavy (non-hydrogen) atoms. The first kappa shape index (κ1) is 12.6. The highest BCUT2D eigenvalue weighted by Gasteiger charge is 2.15. The van der Waals surface area contributed by atoms with Crippen molar-refractivity contribution in [1.29, 1.82) is 0 Å². The summed E-state index contributed by atoms with van der Waals surface area (Å²) in [5.74, 6) is -0.0387. The van der Waals surface area contributed by atoms with E-state index in [1.54, 1.807) is 14.1 Å². The third kappa shape index (κ3) is 2.68. The Balaban J connectivity index is 2.19. The van der Waals surface area contributed by atoms with E-state index < -0.39 is 6.04 Å². The van der Waals surface area contributed by atoms with Gasteiger partial charge in [0, 0.05) is 14.1 Å². The lowest BCUT2D eigenvalue weighted by Crippen LogP contribution is -2.41. The molecule has 3 heteroatoms. The SMILES string of the molecule is CN(C)C(=O)[C@@H](N)Cc1ccc2ccccc2c1. The minimum Gasteiger partial charge on any atom is -0.347 e. The standard InChI is InChI=1S/C15H18N2O/c1-17(2)15(18)14(16)10-11-7-8-12-5-3-4-6-13(12)9-11/h3-9,14H,10,16H2,1-2H3/t14-/m0/s1. The van der Waals surface area contributed by atoms with Crippen LogP contribution in [0.3, 0.4) is 0 Å². The van der Waals surface area contributed by atoms with E-state index in [0.29, 0.717) is 6.42 Å². The van der Waals surface area contributed by atoms with Crippen molar-refractivity contribution in [3.05, 3.63) is 48.0 Å². The predicted octanol–water partition coefficient (Wildman–Crippen LogP) is 1.80. The molecule has 0 spiro atoms. The molecule has 0 saturated heterocycles. The van der Waals surface area contributed by atoms with Crippen molar-refractivity contribution in [2.75, 3.05) is 14.1 Å². The molecule has 0 fully saturated rings. The van der Waals surface area contributed by atoms with E-state index in [1.165, 1.54) is 15.7 Å². The first-order valence-electron chi connectivity index (χ1n) is 6.02. The number of carbonyl (C=O) groups excluding carboxylic acids is 1. The van der Waals surface area contributed by atoms with Gasteiger partial charge in [-0.15, -0.1) is 0 Å². The van der Waals surface area contributed by atoms with Crippen LogP contribution in [-0.4, -0.2) is 30.9 Å². The Hall–Kier alpha value is -1.87. The van der Waals surface area contributed by atoms with Crippen LogP contribution in [0.15, 0.2) is 42.5 Å². The number of likely N-dealkylation sites (N-methyl/N-ethyl adjacent to an activating group) is 1. The predicted molar refractivity (Wildman–Crippen MR) is 74.3 cm³/mol. The van der Waals surface area contributed by atoms with E-state index in [9.17, 15) is 4.79 Å². The Morgan fingerprint density at radius 3 is 2.50 bits per heavy atom. The van der Waals surface area contributed by atoms with E-state index >= 15 is 0 Å². The number of nitrogens with zero attached hydrogens (tertiary/aromatic N) is 1. The lowest BCUT2D eigenvalue weighted by Gasteiger charge is -2.16. The summed E-state index contributed by atoms with van der Waals surface area (Å²) < 4.78 is 0. The van der Waals surface area contributed by atoms with Crippen LogP contribution in [-0.2, 0) is 11.2 Å². The third-order valence-electron chi connectivity index (χ3n) is 3.03. The van der Waals surface area contributed by atoms with Crippen molar-refractivity contribution in [2.45, 2.75) is 12.5 Å². The molecule has 3 nitrogen and oxygen atoms in total. The molecular weight excluding hydrogens is 224 g/mol. The molecule has 0 aromatic heterocycles. The second-order valence-electron chi connectivity index (χ2n) is 4.72. The van der Waals surface area contributed by atoms with Gasteiger partial charge in [-0.3, -0.25) is 4.79 Å². The summed E-state index contributed by atoms with van der Waals surface area (Å²) in [5.41, 5.74) is 7.00. The molecule has 0 saturated carbocycles. The fraction of sp³-hybridized carbons (Fsp3) is 0.267. The molecule has 94 valence electrons. The molecule has 1 atom stereocenters. The van der Waals surface area contributed by atoms with Crippen LogP contribution < -0.4 is 5.73 Å². The van der Waals surface area contributed by atoms with Crippen molar-refractivity contribution in [1.82, 2.24) is 4.90 Å². The van der Waals surface area contributed by atoms with Gasteiger partial charge in [-0.1, -0.05) is 42.5 Å². The van der Waals surface area contributed by atoms with Crippen LogP contribution in [0, 0.1) is 0 Å². The van der Waals surface area contributed by atoms with Crippen LogP contribution in [0.5, 0.6) is 0 Å². The van der Waals surface area contributed by atoms with Gasteiger partial charge in [0.2, 0.25) is 5.91 Å². The quantitative estimate of drug-likeness (QED) is 0.892. The van der Waals surface area contributed by atoms with Crippen LogP contribution in [0.1, 0.15) is 5.56 Å². The molecule has 2 aromatic carbocycles. The number of amides is 1. The first-order valence-corrected chi connectivity index (χ1v) is 6.02. The van der Waals surface area contributed by atoms with Crippen LogP contribution in [0.4, 0.5) is 0 Å². The minimum atomic E-state index is -0.471. The van der Waals surface area contributed by atoms with Gasteiger partial charge >= 0.3 is 0 Å². The molecule has 0 aliphatic heterocycles. The number of nitrogens with two attached hydrogens (primary N) is 1. The molecule has 0 bridgehead atoms. The Morgan fingerprint density at radius 2 is 1.83 bits per heavy atom. The van der Waals surface area contributed by atoms with Crippen molar-refractivity contribution < 1.29 is 4.79 Å². The largest absolute Gasteiger partial charge is 0.347 e. The molecule has 2 rings (SSSR count). The number of rotatable bonds is 3. The summed E-state index contributed by atoms with van der Waals surface area (Å²) >= 11 is 0. The summed E-state index contributed by atoms with van der Waals surface area (Å²) in [6.07, 6.45) is 0.571. The number of carbonyl (C=O) groups is 1. The highest BCUT2D eigenvalue weighted by molar-refractivity contribution is 5.84. The van der Waals surface area contributed by atoms with E-state index in [4.69, 9.17) is 5.73 Å². The van der Waals surface area contributed by atoms with Crippen molar-refractivity contribution in [2.24, 2.45) is 5.73 Å². The molecule has 0 heterocycles. The summed E-state index contributed by atoms with van der Waals surface area (Å²) in [4.78, 5) is 13.2. The van der Waals surface area contributed by atoms with Gasteiger partial charge < -0.3 is 10.6 Å². The van der Waals surface area contributed by atoms with Gasteiger partial charge in [-0.05, 0) is 22.8 Å². The lowest BCUT2D eigenvalue weighted by atomic mass is 10.0. The monoisotopic (exact) mass is 242 g/mol. The van der Waals surface area contributed by atoms with Crippen molar-refractivity contribution >= 4 is 16.7 Å². The van der Waals surface area contributed by atoms with E-state index in [1.807, 2.05) is 18.2 Å². The normalized spacial score (nSPS) is 12.4. The number of benzene rings is 2. The lowest BCUT2D eigenvalue weighted by molar-refractivity contribution is -0.130. The Bertz CT molecular complexity index is 563. The van der Waals surface area contributed by atoms with Crippen molar-refractivity contribution in [3.8, 4) is 0 Å². The molecular formula is C15H18N2O. The topological polar surface area (TPSA) is 46.3 Å². The van der Waals surface area contributed by atoms with Crippen LogP contribution >= 0.6 is 0 Å². The Kier molecular flexibility index (Phi) is 3.63. The van der Waals surface area contributed by atoms with Gasteiger partial charge in [0.15, 0.2) is 0 Å². The molecule has 2 N–H and O–H groups in total. The minimum absolute atomic E-state index is 0.0387. The summed E-state index contributed by atoms with van der Waals surface area (Å²) in [7, 11) is 3.45. The number of hydrogen-bond acceptors (Lipinski definition) is 2. The highest BCUT2D eigenvalue weighted by Crippen LogP contribution is 2.16. The summed E-state index contributed by atoms with van der Waals surface area (Å²) in [5, 5.41) is 2.38. The maximum absolute atomic E-state index is 11.7. The maximum atomic E-state index is 11.7. The zero-order valence-corrected chi connectivity index (χ0v) is 10.8. The van der Waals surface area contributed by atoms with Gasteiger partial charge in [0.1, 0.15) is 0 Å². The second-order valence-corrected chi connectivity index (χ2v) is 4.72. The van der Waals surface area contributed by atoms with Gasteiger partial charge in [-0.25, -0.2) is 0 Å². The number of fused-ring (bicyclic) bond motifs is 1.